The van der Waals surface area contributed by atoms with E-state index in [0.717, 1.165) is 23.1 Å². The molecule has 1 aromatic carbocycles. The van der Waals surface area contributed by atoms with Crippen LogP contribution in [0.15, 0.2) is 22.7 Å². The van der Waals surface area contributed by atoms with Gasteiger partial charge >= 0.3 is 0 Å². The number of rotatable bonds is 5. The summed E-state index contributed by atoms with van der Waals surface area (Å²) in [5, 5.41) is 3.29. The van der Waals surface area contributed by atoms with Gasteiger partial charge in [-0.2, -0.15) is 0 Å². The van der Waals surface area contributed by atoms with Crippen LogP contribution >= 0.6 is 15.9 Å². The molecular weight excluding hydrogens is 283 g/mol. The van der Waals surface area contributed by atoms with Crippen LogP contribution in [0.25, 0.3) is 0 Å². The molecular formula is C13H18BrFN2. The lowest BCUT2D eigenvalue weighted by Crippen LogP contribution is -2.29. The van der Waals surface area contributed by atoms with Crippen LogP contribution in [0.2, 0.25) is 0 Å². The summed E-state index contributed by atoms with van der Waals surface area (Å²) in [5.41, 5.74) is 0.731. The average Bonchev–Trinajstić information content (AvgIpc) is 2.79. The molecule has 0 amide bonds. The van der Waals surface area contributed by atoms with E-state index in [1.807, 2.05) is 12.1 Å². The van der Waals surface area contributed by atoms with Crippen LogP contribution in [-0.2, 0) is 6.54 Å². The van der Waals surface area contributed by atoms with E-state index in [2.05, 4.69) is 26.1 Å². The largest absolute Gasteiger partial charge is 0.311 e. The van der Waals surface area contributed by atoms with Crippen molar-refractivity contribution in [2.45, 2.75) is 19.4 Å². The molecule has 0 spiro atoms. The van der Waals surface area contributed by atoms with Crippen molar-refractivity contribution in [3.8, 4) is 0 Å². The Hall–Kier alpha value is -0.450. The first-order chi connectivity index (χ1) is 8.25. The summed E-state index contributed by atoms with van der Waals surface area (Å²) >= 11 is 3.26. The van der Waals surface area contributed by atoms with Crippen molar-refractivity contribution in [2.24, 2.45) is 0 Å². The third-order valence-electron chi connectivity index (χ3n) is 3.13. The van der Waals surface area contributed by atoms with E-state index in [0.29, 0.717) is 6.54 Å². The highest BCUT2D eigenvalue weighted by Crippen LogP contribution is 2.15. The van der Waals surface area contributed by atoms with Gasteiger partial charge < -0.3 is 10.2 Å². The predicted octanol–water partition coefficient (Wildman–Crippen LogP) is 2.77. The maximum absolute atomic E-state index is 13.5. The molecule has 2 nitrogen and oxygen atoms in total. The van der Waals surface area contributed by atoms with Crippen molar-refractivity contribution in [1.82, 2.24) is 10.2 Å². The number of hydrogen-bond donors (Lipinski definition) is 1. The molecule has 0 bridgehead atoms. The van der Waals surface area contributed by atoms with Crippen molar-refractivity contribution in [3.63, 3.8) is 0 Å². The highest BCUT2D eigenvalue weighted by Gasteiger charge is 2.10. The maximum atomic E-state index is 13.5. The second kappa shape index (κ2) is 6.47. The van der Waals surface area contributed by atoms with E-state index in [-0.39, 0.29) is 5.82 Å². The third kappa shape index (κ3) is 4.05. The van der Waals surface area contributed by atoms with E-state index in [4.69, 9.17) is 0 Å². The summed E-state index contributed by atoms with van der Waals surface area (Å²) in [7, 11) is 0. The van der Waals surface area contributed by atoms with Crippen molar-refractivity contribution in [2.75, 3.05) is 26.2 Å². The molecule has 1 aliphatic rings. The molecule has 1 fully saturated rings. The van der Waals surface area contributed by atoms with Crippen molar-refractivity contribution < 1.29 is 4.39 Å². The van der Waals surface area contributed by atoms with Gasteiger partial charge in [0.05, 0.1) is 0 Å². The van der Waals surface area contributed by atoms with Crippen LogP contribution in [0.5, 0.6) is 0 Å². The molecule has 2 rings (SSSR count). The lowest BCUT2D eigenvalue weighted by molar-refractivity contribution is 0.335. The molecule has 0 aromatic heterocycles. The fourth-order valence-corrected chi connectivity index (χ4v) is 2.46. The molecule has 1 aromatic rings. The monoisotopic (exact) mass is 300 g/mol. The molecule has 4 heteroatoms. The van der Waals surface area contributed by atoms with E-state index >= 15 is 0 Å². The Morgan fingerprint density at radius 3 is 2.76 bits per heavy atom. The number of hydrogen-bond acceptors (Lipinski definition) is 2. The Morgan fingerprint density at radius 1 is 1.29 bits per heavy atom. The molecule has 1 saturated heterocycles. The van der Waals surface area contributed by atoms with Gasteiger partial charge in [-0.3, -0.25) is 0 Å². The zero-order valence-electron chi connectivity index (χ0n) is 9.88. The molecule has 1 heterocycles. The Balaban J connectivity index is 1.70. The first-order valence-corrected chi connectivity index (χ1v) is 6.92. The van der Waals surface area contributed by atoms with E-state index in [1.54, 1.807) is 0 Å². The molecule has 1 aliphatic heterocycles. The van der Waals surface area contributed by atoms with Gasteiger partial charge in [0, 0.05) is 29.7 Å². The van der Waals surface area contributed by atoms with Gasteiger partial charge in [-0.15, -0.1) is 0 Å². The van der Waals surface area contributed by atoms with Gasteiger partial charge in [-0.25, -0.2) is 4.39 Å². The molecule has 94 valence electrons. The number of halogens is 2. The second-order valence-electron chi connectivity index (χ2n) is 4.46. The van der Waals surface area contributed by atoms with Crippen LogP contribution < -0.4 is 5.32 Å². The highest BCUT2D eigenvalue weighted by atomic mass is 79.9. The topological polar surface area (TPSA) is 15.3 Å². The van der Waals surface area contributed by atoms with Crippen LogP contribution in [0.3, 0.4) is 0 Å². The Labute approximate surface area is 110 Å². The number of likely N-dealkylation sites (tertiary alicyclic amines) is 1. The zero-order chi connectivity index (χ0) is 12.1. The van der Waals surface area contributed by atoms with Crippen LogP contribution in [0.1, 0.15) is 18.4 Å². The summed E-state index contributed by atoms with van der Waals surface area (Å²) in [6, 6.07) is 5.21. The molecule has 0 radical (unpaired) electrons. The van der Waals surface area contributed by atoms with E-state index in [1.165, 1.54) is 32.0 Å². The smallest absolute Gasteiger partial charge is 0.128 e. The summed E-state index contributed by atoms with van der Waals surface area (Å²) in [6.07, 6.45) is 2.64. The van der Waals surface area contributed by atoms with Gasteiger partial charge in [0.15, 0.2) is 0 Å². The Kier molecular flexibility index (Phi) is 4.95. The first-order valence-electron chi connectivity index (χ1n) is 6.13. The minimum atomic E-state index is -0.145. The number of nitrogens with zero attached hydrogens (tertiary/aromatic N) is 1. The SMILES string of the molecule is Fc1cc(Br)ccc1CNCCN1CCCC1. The standard InChI is InChI=1S/C13H18BrFN2/c14-12-4-3-11(13(15)9-12)10-16-5-8-17-6-1-2-7-17/h3-4,9,16H,1-2,5-8,10H2. The molecule has 17 heavy (non-hydrogen) atoms. The Morgan fingerprint density at radius 2 is 2.06 bits per heavy atom. The predicted molar refractivity (Wildman–Crippen MR) is 71.5 cm³/mol. The van der Waals surface area contributed by atoms with Gasteiger partial charge in [-0.1, -0.05) is 22.0 Å². The summed E-state index contributed by atoms with van der Waals surface area (Å²) < 4.78 is 14.3. The summed E-state index contributed by atoms with van der Waals surface area (Å²) in [6.45, 7) is 5.03. The number of benzene rings is 1. The zero-order valence-corrected chi connectivity index (χ0v) is 11.5. The second-order valence-corrected chi connectivity index (χ2v) is 5.38. The van der Waals surface area contributed by atoms with E-state index in [9.17, 15) is 4.39 Å². The fourth-order valence-electron chi connectivity index (χ4n) is 2.13. The number of nitrogens with one attached hydrogen (secondary N) is 1. The normalized spacial score (nSPS) is 16.6. The fraction of sp³-hybridized carbons (Fsp3) is 0.538. The van der Waals surface area contributed by atoms with Crippen molar-refractivity contribution >= 4 is 15.9 Å². The molecule has 0 atom stereocenters. The minimum absolute atomic E-state index is 0.145. The lowest BCUT2D eigenvalue weighted by atomic mass is 10.2. The minimum Gasteiger partial charge on any atom is -0.311 e. The van der Waals surface area contributed by atoms with Crippen LogP contribution in [-0.4, -0.2) is 31.1 Å². The molecule has 0 unspecified atom stereocenters. The highest BCUT2D eigenvalue weighted by molar-refractivity contribution is 9.10. The van der Waals surface area contributed by atoms with E-state index < -0.39 is 0 Å². The van der Waals surface area contributed by atoms with Gasteiger partial charge in [-0.05, 0) is 38.1 Å². The van der Waals surface area contributed by atoms with Crippen molar-refractivity contribution in [3.05, 3.63) is 34.1 Å². The van der Waals surface area contributed by atoms with Gasteiger partial charge in [0.2, 0.25) is 0 Å². The summed E-state index contributed by atoms with van der Waals surface area (Å²) in [5.74, 6) is -0.145. The molecule has 1 N–H and O–H groups in total. The van der Waals surface area contributed by atoms with Crippen LogP contribution in [0, 0.1) is 5.82 Å². The van der Waals surface area contributed by atoms with Gasteiger partial charge in [0.25, 0.3) is 0 Å². The molecule has 0 aliphatic carbocycles. The van der Waals surface area contributed by atoms with Gasteiger partial charge in [0.1, 0.15) is 5.82 Å². The maximum Gasteiger partial charge on any atom is 0.128 e. The first kappa shape index (κ1) is 13.0. The third-order valence-corrected chi connectivity index (χ3v) is 3.63. The summed E-state index contributed by atoms with van der Waals surface area (Å²) in [4.78, 5) is 2.45. The van der Waals surface area contributed by atoms with Crippen LogP contribution in [0.4, 0.5) is 4.39 Å². The van der Waals surface area contributed by atoms with Crippen molar-refractivity contribution in [1.29, 1.82) is 0 Å². The quantitative estimate of drug-likeness (QED) is 0.841. The molecule has 0 saturated carbocycles. The Bertz CT molecular complexity index is 364. The lowest BCUT2D eigenvalue weighted by Gasteiger charge is -2.14. The average molecular weight is 301 g/mol.